The average molecular weight is 198 g/mol. The summed E-state index contributed by atoms with van der Waals surface area (Å²) in [5, 5.41) is 0.304. The van der Waals surface area contributed by atoms with Crippen LogP contribution in [0.2, 0.25) is 0 Å². The van der Waals surface area contributed by atoms with Crippen molar-refractivity contribution in [3.05, 3.63) is 21.5 Å². The Labute approximate surface area is 66.3 Å². The van der Waals surface area contributed by atoms with Gasteiger partial charge in [0, 0.05) is 9.45 Å². The molecular weight excluding hydrogens is 194 g/mol. The third-order valence-electron chi connectivity index (χ3n) is 0.906. The number of rotatable bonds is 0. The fourth-order valence-electron chi connectivity index (χ4n) is 0.527. The minimum Gasteiger partial charge on any atom is -0.393 e. The topological polar surface area (TPSA) is 60.2 Å². The maximum Gasteiger partial charge on any atom is 0.251 e. The smallest absolute Gasteiger partial charge is 0.251 e. The highest BCUT2D eigenvalue weighted by Gasteiger charge is 2.11. The van der Waals surface area contributed by atoms with E-state index in [1.807, 2.05) is 0 Å². The van der Waals surface area contributed by atoms with Gasteiger partial charge in [-0.25, -0.2) is 0 Å². The summed E-state index contributed by atoms with van der Waals surface area (Å²) in [5.74, 6) is 0. The van der Waals surface area contributed by atoms with Crippen molar-refractivity contribution < 1.29 is 8.42 Å². The number of halogens is 1. The summed E-state index contributed by atoms with van der Waals surface area (Å²) in [6.45, 7) is 0. The van der Waals surface area contributed by atoms with Gasteiger partial charge in [0.15, 0.2) is 0 Å². The predicted octanol–water partition coefficient (Wildman–Crippen LogP) is 0.293. The highest BCUT2D eigenvalue weighted by atomic mass is 35.5. The summed E-state index contributed by atoms with van der Waals surface area (Å²) in [4.78, 5) is 0. The monoisotopic (exact) mass is 197 g/mol. The fourth-order valence-corrected chi connectivity index (χ4v) is 3.41. The van der Waals surface area contributed by atoms with Crippen molar-refractivity contribution in [1.29, 1.82) is 0 Å². The van der Waals surface area contributed by atoms with Crippen molar-refractivity contribution in [3.63, 3.8) is 0 Å². The lowest BCUT2D eigenvalue weighted by molar-refractivity contribution is 0.628. The van der Waals surface area contributed by atoms with E-state index < -0.39 is 18.7 Å². The highest BCUT2D eigenvalue weighted by Crippen LogP contribution is 2.20. The lowest BCUT2D eigenvalue weighted by Crippen LogP contribution is -2.01. The van der Waals surface area contributed by atoms with Gasteiger partial charge in [-0.05, 0) is 12.2 Å². The molecule has 56 valence electrons. The van der Waals surface area contributed by atoms with Crippen LogP contribution in [-0.2, 0) is 18.7 Å². The van der Waals surface area contributed by atoms with Gasteiger partial charge in [-0.1, -0.05) is 11.6 Å². The van der Waals surface area contributed by atoms with Crippen molar-refractivity contribution in [3.8, 4) is 0 Å². The standard InChI is InChI=1S/C4H4ClNO2S2/c5-3-1-2-4(6)9(3)10(7)8/h1-2H,6H2. The molecular formula is C4H4ClNO2S2. The molecule has 0 radical (unpaired) electrons. The van der Waals surface area contributed by atoms with Crippen LogP contribution in [0.1, 0.15) is 0 Å². The van der Waals surface area contributed by atoms with E-state index in [2.05, 4.69) is 0 Å². The summed E-state index contributed by atoms with van der Waals surface area (Å²) >= 11 is 5.52. The van der Waals surface area contributed by atoms with Gasteiger partial charge in [0.1, 0.15) is 0 Å². The summed E-state index contributed by atoms with van der Waals surface area (Å²) < 4.78 is 21.1. The molecule has 3 nitrogen and oxygen atoms in total. The Kier molecular flexibility index (Phi) is 2.18. The van der Waals surface area contributed by atoms with Crippen molar-refractivity contribution in [2.24, 2.45) is 5.73 Å². The largest absolute Gasteiger partial charge is 0.393 e. The third kappa shape index (κ3) is 1.25. The zero-order valence-electron chi connectivity index (χ0n) is 4.74. The van der Waals surface area contributed by atoms with Crippen LogP contribution in [0, 0.1) is 0 Å². The molecule has 1 aliphatic heterocycles. The minimum absolute atomic E-state index is 0.283. The van der Waals surface area contributed by atoms with Gasteiger partial charge in [-0.3, -0.25) is 0 Å². The molecule has 0 saturated heterocycles. The lowest BCUT2D eigenvalue weighted by atomic mass is 10.6. The second-order valence-corrected chi connectivity index (χ2v) is 5.82. The van der Waals surface area contributed by atoms with E-state index in [1.54, 1.807) is 0 Å². The molecule has 10 heavy (non-hydrogen) atoms. The van der Waals surface area contributed by atoms with E-state index in [0.717, 1.165) is 0 Å². The van der Waals surface area contributed by atoms with E-state index in [9.17, 15) is 8.42 Å². The van der Waals surface area contributed by atoms with E-state index in [0.29, 0.717) is 5.03 Å². The quantitative estimate of drug-likeness (QED) is 0.608. The molecule has 0 aliphatic carbocycles. The Morgan fingerprint density at radius 3 is 2.30 bits per heavy atom. The Balaban J connectivity index is 3.37. The van der Waals surface area contributed by atoms with Crippen LogP contribution in [0.25, 0.3) is 0 Å². The molecule has 0 saturated carbocycles. The second kappa shape index (κ2) is 2.77. The molecule has 0 fully saturated rings. The zero-order valence-corrected chi connectivity index (χ0v) is 7.13. The predicted molar refractivity (Wildman–Crippen MR) is 42.5 cm³/mol. The first-order valence-corrected chi connectivity index (χ1v) is 5.49. The average Bonchev–Trinajstić information content (AvgIpc) is 2.11. The maximum absolute atomic E-state index is 10.4. The van der Waals surface area contributed by atoms with Gasteiger partial charge >= 0.3 is 0 Å². The highest BCUT2D eigenvalue weighted by molar-refractivity contribution is 8.38. The summed E-state index contributed by atoms with van der Waals surface area (Å²) in [5.41, 5.74) is 5.31. The molecule has 0 aromatic rings. The van der Waals surface area contributed by atoms with Crippen molar-refractivity contribution in [1.82, 2.24) is 0 Å². The molecule has 1 rings (SSSR count). The minimum atomic E-state index is -2.22. The summed E-state index contributed by atoms with van der Waals surface area (Å²) in [6.07, 6.45) is 3.00. The third-order valence-corrected chi connectivity index (χ3v) is 5.03. The van der Waals surface area contributed by atoms with Crippen LogP contribution in [0.15, 0.2) is 21.5 Å². The molecule has 0 spiro atoms. The van der Waals surface area contributed by atoms with Crippen LogP contribution < -0.4 is 5.73 Å². The second-order valence-electron chi connectivity index (χ2n) is 1.51. The molecule has 1 aliphatic rings. The van der Waals surface area contributed by atoms with Crippen LogP contribution in [0.4, 0.5) is 0 Å². The zero-order chi connectivity index (χ0) is 7.72. The number of allylic oxidation sites excluding steroid dienone is 2. The maximum atomic E-state index is 10.4. The molecule has 0 aromatic carbocycles. The Hall–Kier alpha value is -0.260. The first-order valence-electron chi connectivity index (χ1n) is 2.30. The van der Waals surface area contributed by atoms with Gasteiger partial charge in [0.25, 0.3) is 9.26 Å². The first kappa shape index (κ1) is 7.84. The Morgan fingerprint density at radius 2 is 2.10 bits per heavy atom. The molecule has 1 atom stereocenters. The SMILES string of the molecule is NC1=CC=C(Cl)S1=S(=O)=O. The first-order chi connectivity index (χ1) is 4.63. The van der Waals surface area contributed by atoms with Crippen LogP contribution in [-0.4, -0.2) is 8.42 Å². The summed E-state index contributed by atoms with van der Waals surface area (Å²) in [7, 11) is -3.30. The number of hydrogen-bond acceptors (Lipinski definition) is 3. The van der Waals surface area contributed by atoms with Crippen molar-refractivity contribution in [2.75, 3.05) is 0 Å². The van der Waals surface area contributed by atoms with Crippen LogP contribution in [0.3, 0.4) is 0 Å². The molecule has 0 aromatic heterocycles. The van der Waals surface area contributed by atoms with E-state index >= 15 is 0 Å². The van der Waals surface area contributed by atoms with Gasteiger partial charge in [0.2, 0.25) is 0 Å². The molecule has 2 N–H and O–H groups in total. The van der Waals surface area contributed by atoms with Crippen LogP contribution >= 0.6 is 11.6 Å². The van der Waals surface area contributed by atoms with Gasteiger partial charge in [-0.15, -0.1) is 0 Å². The Bertz CT molecular complexity index is 323. The normalized spacial score (nSPS) is 23.9. The molecule has 1 unspecified atom stereocenters. The summed E-state index contributed by atoms with van der Waals surface area (Å²) in [6, 6.07) is 0. The van der Waals surface area contributed by atoms with E-state index in [1.165, 1.54) is 12.2 Å². The van der Waals surface area contributed by atoms with E-state index in [4.69, 9.17) is 17.3 Å². The van der Waals surface area contributed by atoms with Gasteiger partial charge < -0.3 is 5.73 Å². The Morgan fingerprint density at radius 1 is 1.50 bits per heavy atom. The van der Waals surface area contributed by atoms with Crippen molar-refractivity contribution >= 4 is 30.3 Å². The van der Waals surface area contributed by atoms with Crippen molar-refractivity contribution in [2.45, 2.75) is 0 Å². The molecule has 0 amide bonds. The van der Waals surface area contributed by atoms with E-state index in [-0.39, 0.29) is 4.36 Å². The fraction of sp³-hybridized carbons (Fsp3) is 0. The van der Waals surface area contributed by atoms with Crippen LogP contribution in [0.5, 0.6) is 0 Å². The lowest BCUT2D eigenvalue weighted by Gasteiger charge is -1.92. The van der Waals surface area contributed by atoms with Gasteiger partial charge in [-0.2, -0.15) is 8.42 Å². The molecule has 6 heteroatoms. The molecule has 0 bridgehead atoms. The number of hydrogen-bond donors (Lipinski definition) is 1. The number of nitrogens with two attached hydrogens (primary N) is 1. The molecule has 1 heterocycles. The van der Waals surface area contributed by atoms with Gasteiger partial charge in [0.05, 0.1) is 9.39 Å².